The summed E-state index contributed by atoms with van der Waals surface area (Å²) in [5.74, 6) is -0.237. The standard InChI is InChI=1S/C22H17N3O3/c1-13-10-14(12-20-15-6-2-3-7-16(15)22(27)28-20)21(26)19(11-13)25-23-17-8-4-5-9-18(17)24-25/h2-11,20,26H,12H2,1H3. The number of benzene rings is 3. The van der Waals surface area contributed by atoms with Crippen LogP contribution in [0.2, 0.25) is 0 Å². The zero-order valence-corrected chi connectivity index (χ0v) is 15.2. The van der Waals surface area contributed by atoms with Crippen molar-refractivity contribution in [3.63, 3.8) is 0 Å². The van der Waals surface area contributed by atoms with E-state index in [0.717, 1.165) is 22.2 Å². The first-order valence-corrected chi connectivity index (χ1v) is 9.05. The van der Waals surface area contributed by atoms with Gasteiger partial charge in [-0.05, 0) is 36.8 Å². The highest BCUT2D eigenvalue weighted by molar-refractivity contribution is 5.94. The van der Waals surface area contributed by atoms with E-state index in [-0.39, 0.29) is 11.7 Å². The third-order valence-electron chi connectivity index (χ3n) is 5.00. The highest BCUT2D eigenvalue weighted by Gasteiger charge is 2.31. The number of carbonyl (C=O) groups is 1. The van der Waals surface area contributed by atoms with Gasteiger partial charge in [0.05, 0.1) is 5.56 Å². The van der Waals surface area contributed by atoms with Gasteiger partial charge < -0.3 is 9.84 Å². The maximum absolute atomic E-state index is 12.1. The molecule has 3 aromatic carbocycles. The average molecular weight is 371 g/mol. The number of rotatable bonds is 3. The molecule has 0 saturated heterocycles. The Hall–Kier alpha value is -3.67. The van der Waals surface area contributed by atoms with Crippen molar-refractivity contribution in [2.24, 2.45) is 0 Å². The minimum absolute atomic E-state index is 0.0892. The number of aromatic hydroxyl groups is 1. The molecule has 0 aliphatic carbocycles. The van der Waals surface area contributed by atoms with Gasteiger partial charge in [0.25, 0.3) is 0 Å². The molecule has 6 nitrogen and oxygen atoms in total. The molecule has 1 aliphatic heterocycles. The number of nitrogens with zero attached hydrogens (tertiary/aromatic N) is 3. The molecule has 0 spiro atoms. The molecule has 0 amide bonds. The molecule has 0 bridgehead atoms. The van der Waals surface area contributed by atoms with Crippen molar-refractivity contribution in [1.29, 1.82) is 0 Å². The van der Waals surface area contributed by atoms with Crippen LogP contribution in [0.5, 0.6) is 5.75 Å². The zero-order chi connectivity index (χ0) is 19.3. The van der Waals surface area contributed by atoms with Crippen LogP contribution in [0.4, 0.5) is 0 Å². The van der Waals surface area contributed by atoms with Crippen LogP contribution in [0, 0.1) is 6.92 Å². The lowest BCUT2D eigenvalue weighted by Gasteiger charge is -2.15. The van der Waals surface area contributed by atoms with E-state index in [4.69, 9.17) is 4.74 Å². The Kier molecular flexibility index (Phi) is 3.65. The van der Waals surface area contributed by atoms with Crippen LogP contribution in [0.25, 0.3) is 16.7 Å². The lowest BCUT2D eigenvalue weighted by Crippen LogP contribution is -2.06. The molecule has 1 unspecified atom stereocenters. The van der Waals surface area contributed by atoms with E-state index in [1.54, 1.807) is 6.07 Å². The maximum Gasteiger partial charge on any atom is 0.339 e. The molecule has 2 heterocycles. The molecule has 0 fully saturated rings. The number of aromatic nitrogens is 3. The first-order valence-electron chi connectivity index (χ1n) is 9.05. The molecule has 5 rings (SSSR count). The number of ether oxygens (including phenoxy) is 1. The van der Waals surface area contributed by atoms with Crippen molar-refractivity contribution in [3.05, 3.63) is 82.9 Å². The zero-order valence-electron chi connectivity index (χ0n) is 15.2. The Morgan fingerprint density at radius 2 is 1.71 bits per heavy atom. The molecule has 1 aromatic heterocycles. The molecular weight excluding hydrogens is 354 g/mol. The summed E-state index contributed by atoms with van der Waals surface area (Å²) in [6.45, 7) is 1.95. The number of phenolic OH excluding ortho intramolecular Hbond substituents is 1. The minimum Gasteiger partial charge on any atom is -0.505 e. The fourth-order valence-electron chi connectivity index (χ4n) is 3.68. The van der Waals surface area contributed by atoms with Crippen LogP contribution in [-0.4, -0.2) is 26.1 Å². The number of hydrogen-bond donors (Lipinski definition) is 1. The summed E-state index contributed by atoms with van der Waals surface area (Å²) in [6, 6.07) is 18.6. The number of carbonyl (C=O) groups excluding carboxylic acids is 1. The molecule has 0 saturated carbocycles. The van der Waals surface area contributed by atoms with Gasteiger partial charge in [0.2, 0.25) is 0 Å². The Balaban J connectivity index is 1.56. The van der Waals surface area contributed by atoms with Crippen molar-refractivity contribution in [1.82, 2.24) is 15.0 Å². The second-order valence-electron chi connectivity index (χ2n) is 6.96. The maximum atomic E-state index is 12.1. The number of esters is 1. The van der Waals surface area contributed by atoms with Crippen molar-refractivity contribution in [3.8, 4) is 11.4 Å². The number of hydrogen-bond acceptors (Lipinski definition) is 5. The van der Waals surface area contributed by atoms with Gasteiger partial charge >= 0.3 is 5.97 Å². The van der Waals surface area contributed by atoms with Crippen LogP contribution in [0.3, 0.4) is 0 Å². The summed E-state index contributed by atoms with van der Waals surface area (Å²) in [6.07, 6.45) is -0.0433. The topological polar surface area (TPSA) is 77.2 Å². The first kappa shape index (κ1) is 16.5. The van der Waals surface area contributed by atoms with Gasteiger partial charge in [0.15, 0.2) is 0 Å². The molecule has 138 valence electrons. The average Bonchev–Trinajstić information content (AvgIpc) is 3.26. The third-order valence-corrected chi connectivity index (χ3v) is 5.00. The number of cyclic esters (lactones) is 1. The fraction of sp³-hybridized carbons (Fsp3) is 0.136. The molecule has 4 aromatic rings. The second kappa shape index (κ2) is 6.20. The van der Waals surface area contributed by atoms with E-state index in [2.05, 4.69) is 10.2 Å². The van der Waals surface area contributed by atoms with Gasteiger partial charge in [-0.3, -0.25) is 0 Å². The van der Waals surface area contributed by atoms with Crippen molar-refractivity contribution in [2.75, 3.05) is 0 Å². The number of aryl methyl sites for hydroxylation is 1. The summed E-state index contributed by atoms with van der Waals surface area (Å²) in [4.78, 5) is 13.5. The summed E-state index contributed by atoms with van der Waals surface area (Å²) in [7, 11) is 0. The lowest BCUT2D eigenvalue weighted by molar-refractivity contribution is 0.0386. The van der Waals surface area contributed by atoms with E-state index in [9.17, 15) is 9.90 Å². The monoisotopic (exact) mass is 371 g/mol. The van der Waals surface area contributed by atoms with Crippen LogP contribution in [0.1, 0.15) is 33.2 Å². The van der Waals surface area contributed by atoms with Crippen LogP contribution < -0.4 is 0 Å². The van der Waals surface area contributed by atoms with Crippen LogP contribution in [-0.2, 0) is 11.2 Å². The van der Waals surface area contributed by atoms with E-state index >= 15 is 0 Å². The summed E-state index contributed by atoms with van der Waals surface area (Å²) >= 11 is 0. The van der Waals surface area contributed by atoms with Crippen LogP contribution in [0.15, 0.2) is 60.7 Å². The Bertz CT molecular complexity index is 1200. The van der Waals surface area contributed by atoms with E-state index < -0.39 is 6.10 Å². The highest BCUT2D eigenvalue weighted by atomic mass is 16.5. The van der Waals surface area contributed by atoms with Crippen LogP contribution >= 0.6 is 0 Å². The first-order chi connectivity index (χ1) is 13.6. The number of phenols is 1. The predicted molar refractivity (Wildman–Crippen MR) is 104 cm³/mol. The molecule has 28 heavy (non-hydrogen) atoms. The smallest absolute Gasteiger partial charge is 0.339 e. The molecular formula is C22H17N3O3. The predicted octanol–water partition coefficient (Wildman–Crippen LogP) is 3.89. The molecule has 1 atom stereocenters. The summed E-state index contributed by atoms with van der Waals surface area (Å²) in [5.41, 5.74) is 5.08. The fourth-order valence-corrected chi connectivity index (χ4v) is 3.68. The normalized spacial score (nSPS) is 15.6. The van der Waals surface area contributed by atoms with Crippen molar-refractivity contribution < 1.29 is 14.6 Å². The quantitative estimate of drug-likeness (QED) is 0.553. The third kappa shape index (κ3) is 2.62. The van der Waals surface area contributed by atoms with Crippen molar-refractivity contribution in [2.45, 2.75) is 19.4 Å². The minimum atomic E-state index is -0.422. The Morgan fingerprint density at radius 3 is 2.46 bits per heavy atom. The van der Waals surface area contributed by atoms with Gasteiger partial charge in [-0.1, -0.05) is 36.4 Å². The summed E-state index contributed by atoms with van der Waals surface area (Å²) in [5, 5.41) is 19.9. The molecule has 0 radical (unpaired) electrons. The van der Waals surface area contributed by atoms with Gasteiger partial charge in [-0.2, -0.15) is 0 Å². The van der Waals surface area contributed by atoms with Gasteiger partial charge in [0.1, 0.15) is 28.6 Å². The van der Waals surface area contributed by atoms with E-state index in [1.165, 1.54) is 4.80 Å². The Labute approximate surface area is 161 Å². The SMILES string of the molecule is Cc1cc(CC2OC(=O)c3ccccc32)c(O)c(-n2nc3ccccc3n2)c1. The second-order valence-corrected chi connectivity index (χ2v) is 6.96. The number of fused-ring (bicyclic) bond motifs is 2. The van der Waals surface area contributed by atoms with Gasteiger partial charge in [-0.15, -0.1) is 15.0 Å². The highest BCUT2D eigenvalue weighted by Crippen LogP contribution is 2.37. The van der Waals surface area contributed by atoms with Gasteiger partial charge in [0, 0.05) is 17.5 Å². The lowest BCUT2D eigenvalue weighted by atomic mass is 9.97. The molecule has 1 N–H and O–H groups in total. The van der Waals surface area contributed by atoms with Gasteiger partial charge in [-0.25, -0.2) is 4.79 Å². The Morgan fingerprint density at radius 1 is 1.04 bits per heavy atom. The molecule has 6 heteroatoms. The van der Waals surface area contributed by atoms with E-state index in [0.29, 0.717) is 23.2 Å². The van der Waals surface area contributed by atoms with Crippen molar-refractivity contribution >= 4 is 17.0 Å². The molecule has 1 aliphatic rings. The summed E-state index contributed by atoms with van der Waals surface area (Å²) < 4.78 is 5.54. The largest absolute Gasteiger partial charge is 0.505 e. The van der Waals surface area contributed by atoms with E-state index in [1.807, 2.05) is 61.5 Å².